The van der Waals surface area contributed by atoms with Gasteiger partial charge in [-0.1, -0.05) is 31.2 Å². The minimum absolute atomic E-state index is 0.802. The lowest BCUT2D eigenvalue weighted by Crippen LogP contribution is -1.83. The SMILES string of the molecule is C[C@H]1CCc2ccccc21. The molecule has 0 nitrogen and oxygen atoms in total. The van der Waals surface area contributed by atoms with Gasteiger partial charge >= 0.3 is 0 Å². The van der Waals surface area contributed by atoms with E-state index < -0.39 is 0 Å². The van der Waals surface area contributed by atoms with E-state index in [9.17, 15) is 0 Å². The maximum atomic E-state index is 2.31. The van der Waals surface area contributed by atoms with Crippen molar-refractivity contribution < 1.29 is 0 Å². The van der Waals surface area contributed by atoms with Crippen LogP contribution in [-0.2, 0) is 6.42 Å². The highest BCUT2D eigenvalue weighted by Gasteiger charge is 2.16. The van der Waals surface area contributed by atoms with Gasteiger partial charge in [0.05, 0.1) is 0 Å². The molecule has 52 valence electrons. The molecule has 0 aromatic heterocycles. The molecule has 2 rings (SSSR count). The van der Waals surface area contributed by atoms with Gasteiger partial charge in [-0.05, 0) is 29.9 Å². The molecule has 1 aromatic rings. The van der Waals surface area contributed by atoms with Gasteiger partial charge in [0, 0.05) is 0 Å². The number of hydrogen-bond acceptors (Lipinski definition) is 0. The van der Waals surface area contributed by atoms with Crippen LogP contribution in [0, 0.1) is 0 Å². The summed E-state index contributed by atoms with van der Waals surface area (Å²) in [7, 11) is 0. The molecular formula is C10H12. The third-order valence-electron chi connectivity index (χ3n) is 2.43. The van der Waals surface area contributed by atoms with Crippen molar-refractivity contribution >= 4 is 0 Å². The van der Waals surface area contributed by atoms with E-state index in [4.69, 9.17) is 0 Å². The summed E-state index contributed by atoms with van der Waals surface area (Å²) >= 11 is 0. The molecule has 1 aliphatic carbocycles. The molecular weight excluding hydrogens is 120 g/mol. The number of benzene rings is 1. The molecule has 1 aliphatic rings. The minimum atomic E-state index is 0.802. The molecule has 0 amide bonds. The van der Waals surface area contributed by atoms with E-state index in [0.29, 0.717) is 0 Å². The highest BCUT2D eigenvalue weighted by atomic mass is 14.2. The predicted molar refractivity (Wildman–Crippen MR) is 43.2 cm³/mol. The van der Waals surface area contributed by atoms with E-state index in [1.165, 1.54) is 12.8 Å². The van der Waals surface area contributed by atoms with E-state index in [-0.39, 0.29) is 0 Å². The number of fused-ring (bicyclic) bond motifs is 1. The van der Waals surface area contributed by atoms with E-state index in [2.05, 4.69) is 31.2 Å². The molecule has 0 N–H and O–H groups in total. The van der Waals surface area contributed by atoms with Gasteiger partial charge in [0.1, 0.15) is 0 Å². The second-order valence-electron chi connectivity index (χ2n) is 3.14. The van der Waals surface area contributed by atoms with E-state index in [1.807, 2.05) is 0 Å². The first-order chi connectivity index (χ1) is 4.88. The van der Waals surface area contributed by atoms with Gasteiger partial charge in [0.25, 0.3) is 0 Å². The lowest BCUT2D eigenvalue weighted by molar-refractivity contribution is 0.747. The van der Waals surface area contributed by atoms with Crippen molar-refractivity contribution in [1.82, 2.24) is 0 Å². The van der Waals surface area contributed by atoms with Gasteiger partial charge in [-0.2, -0.15) is 0 Å². The fourth-order valence-electron chi connectivity index (χ4n) is 1.77. The quantitative estimate of drug-likeness (QED) is 0.509. The molecule has 0 unspecified atom stereocenters. The molecule has 0 saturated heterocycles. The van der Waals surface area contributed by atoms with Crippen molar-refractivity contribution in [1.29, 1.82) is 0 Å². The number of hydrogen-bond donors (Lipinski definition) is 0. The summed E-state index contributed by atoms with van der Waals surface area (Å²) in [5, 5.41) is 0. The van der Waals surface area contributed by atoms with Gasteiger partial charge in [0.2, 0.25) is 0 Å². The van der Waals surface area contributed by atoms with Crippen LogP contribution < -0.4 is 0 Å². The first kappa shape index (κ1) is 5.96. The fraction of sp³-hybridized carbons (Fsp3) is 0.400. The molecule has 0 radical (unpaired) electrons. The van der Waals surface area contributed by atoms with Crippen LogP contribution in [0.25, 0.3) is 0 Å². The normalized spacial score (nSPS) is 22.7. The summed E-state index contributed by atoms with van der Waals surface area (Å²) in [4.78, 5) is 0. The van der Waals surface area contributed by atoms with Gasteiger partial charge in [0.15, 0.2) is 0 Å². The molecule has 0 aliphatic heterocycles. The summed E-state index contributed by atoms with van der Waals surface area (Å²) in [5.41, 5.74) is 3.14. The Balaban J connectivity index is 2.51. The van der Waals surface area contributed by atoms with Crippen molar-refractivity contribution in [3.8, 4) is 0 Å². The topological polar surface area (TPSA) is 0 Å². The van der Waals surface area contributed by atoms with Crippen LogP contribution in [-0.4, -0.2) is 0 Å². The Kier molecular flexibility index (Phi) is 1.26. The van der Waals surface area contributed by atoms with Gasteiger partial charge in [-0.3, -0.25) is 0 Å². The molecule has 10 heavy (non-hydrogen) atoms. The molecule has 1 aromatic carbocycles. The lowest BCUT2D eigenvalue weighted by Gasteiger charge is -2.01. The largest absolute Gasteiger partial charge is 0.0620 e. The Morgan fingerprint density at radius 2 is 2.10 bits per heavy atom. The van der Waals surface area contributed by atoms with E-state index >= 15 is 0 Å². The predicted octanol–water partition coefficient (Wildman–Crippen LogP) is 2.74. The zero-order chi connectivity index (χ0) is 6.97. The van der Waals surface area contributed by atoms with Gasteiger partial charge in [-0.15, -0.1) is 0 Å². The highest BCUT2D eigenvalue weighted by Crippen LogP contribution is 2.31. The zero-order valence-corrected chi connectivity index (χ0v) is 6.30. The first-order valence-corrected chi connectivity index (χ1v) is 3.96. The van der Waals surface area contributed by atoms with Gasteiger partial charge in [-0.25, -0.2) is 0 Å². The highest BCUT2D eigenvalue weighted by molar-refractivity contribution is 5.33. The standard InChI is InChI=1S/C10H12/c1-8-6-7-9-4-2-3-5-10(8)9/h2-5,8H,6-7H2,1H3/t8-/m0/s1. The molecule has 0 spiro atoms. The number of rotatable bonds is 0. The summed E-state index contributed by atoms with van der Waals surface area (Å²) in [5.74, 6) is 0.802. The van der Waals surface area contributed by atoms with Crippen molar-refractivity contribution in [2.45, 2.75) is 25.7 Å². The Morgan fingerprint density at radius 3 is 2.90 bits per heavy atom. The maximum Gasteiger partial charge on any atom is -0.0184 e. The summed E-state index contributed by atoms with van der Waals surface area (Å²) in [6, 6.07) is 8.78. The first-order valence-electron chi connectivity index (χ1n) is 3.96. The smallest absolute Gasteiger partial charge is 0.0184 e. The Hall–Kier alpha value is -0.780. The van der Waals surface area contributed by atoms with Crippen molar-refractivity contribution in [2.24, 2.45) is 0 Å². The Labute approximate surface area is 61.9 Å². The van der Waals surface area contributed by atoms with Crippen LogP contribution in [0.15, 0.2) is 24.3 Å². The van der Waals surface area contributed by atoms with Crippen molar-refractivity contribution in [3.63, 3.8) is 0 Å². The van der Waals surface area contributed by atoms with E-state index in [1.54, 1.807) is 11.1 Å². The molecule has 1 atom stereocenters. The number of aryl methyl sites for hydroxylation is 1. The second kappa shape index (κ2) is 2.12. The molecule has 0 bridgehead atoms. The molecule has 0 heteroatoms. The van der Waals surface area contributed by atoms with Crippen LogP contribution in [0.3, 0.4) is 0 Å². The van der Waals surface area contributed by atoms with Crippen LogP contribution in [0.5, 0.6) is 0 Å². The summed E-state index contributed by atoms with van der Waals surface area (Å²) in [6.07, 6.45) is 2.64. The maximum absolute atomic E-state index is 2.31. The summed E-state index contributed by atoms with van der Waals surface area (Å²) < 4.78 is 0. The minimum Gasteiger partial charge on any atom is -0.0620 e. The van der Waals surface area contributed by atoms with Gasteiger partial charge < -0.3 is 0 Å². The van der Waals surface area contributed by atoms with Crippen LogP contribution >= 0.6 is 0 Å². The van der Waals surface area contributed by atoms with Crippen LogP contribution in [0.4, 0.5) is 0 Å². The van der Waals surface area contributed by atoms with E-state index in [0.717, 1.165) is 5.92 Å². The third-order valence-corrected chi connectivity index (χ3v) is 2.43. The summed E-state index contributed by atoms with van der Waals surface area (Å²) in [6.45, 7) is 2.31. The average Bonchev–Trinajstić information content (AvgIpc) is 2.34. The second-order valence-corrected chi connectivity index (χ2v) is 3.14. The fourth-order valence-corrected chi connectivity index (χ4v) is 1.77. The Morgan fingerprint density at radius 1 is 1.30 bits per heavy atom. The molecule has 0 saturated carbocycles. The average molecular weight is 132 g/mol. The lowest BCUT2D eigenvalue weighted by atomic mass is 10.0. The third kappa shape index (κ3) is 0.756. The van der Waals surface area contributed by atoms with Crippen molar-refractivity contribution in [3.05, 3.63) is 35.4 Å². The van der Waals surface area contributed by atoms with Crippen molar-refractivity contribution in [2.75, 3.05) is 0 Å². The monoisotopic (exact) mass is 132 g/mol. The zero-order valence-electron chi connectivity index (χ0n) is 6.30. The van der Waals surface area contributed by atoms with Crippen LogP contribution in [0.2, 0.25) is 0 Å². The van der Waals surface area contributed by atoms with Crippen LogP contribution in [0.1, 0.15) is 30.4 Å². The molecule has 0 fully saturated rings. The Bertz CT molecular complexity index is 238. The molecule has 0 heterocycles.